The zero-order valence-corrected chi connectivity index (χ0v) is 19.8. The van der Waals surface area contributed by atoms with Gasteiger partial charge in [0.1, 0.15) is 0 Å². The highest BCUT2D eigenvalue weighted by molar-refractivity contribution is 7.90. The molecule has 2 amide bonds. The first kappa shape index (κ1) is 22.0. The summed E-state index contributed by atoms with van der Waals surface area (Å²) in [7, 11) is -3.86. The third-order valence-electron chi connectivity index (χ3n) is 8.46. The molecule has 184 valence electrons. The van der Waals surface area contributed by atoms with Gasteiger partial charge in [0.25, 0.3) is 0 Å². The Hall–Kier alpha value is -2.53. The van der Waals surface area contributed by atoms with Crippen LogP contribution in [0.5, 0.6) is 11.5 Å². The maximum atomic E-state index is 13.4. The quantitative estimate of drug-likeness (QED) is 0.632. The van der Waals surface area contributed by atoms with E-state index in [9.17, 15) is 18.0 Å². The van der Waals surface area contributed by atoms with E-state index in [1.54, 1.807) is 18.2 Å². The number of carbonyl (C=O) groups is 2. The molecule has 4 bridgehead atoms. The van der Waals surface area contributed by atoms with Crippen molar-refractivity contribution in [2.24, 2.45) is 28.9 Å². The summed E-state index contributed by atoms with van der Waals surface area (Å²) >= 11 is 0. The molecule has 6 aliphatic rings. The third kappa shape index (κ3) is 3.43. The number of hydrogen-bond donors (Lipinski definition) is 2. The number of nitrogens with two attached hydrogens (primary N) is 1. The molecule has 1 saturated heterocycles. The van der Waals surface area contributed by atoms with Gasteiger partial charge < -0.3 is 20.5 Å². The Morgan fingerprint density at radius 1 is 1.09 bits per heavy atom. The van der Waals surface area contributed by atoms with Gasteiger partial charge in [0.05, 0.1) is 12.2 Å². The Morgan fingerprint density at radius 3 is 2.56 bits per heavy atom. The van der Waals surface area contributed by atoms with E-state index in [1.807, 2.05) is 0 Å². The number of nitrogens with one attached hydrogen (secondary N) is 1. The second kappa shape index (κ2) is 7.74. The number of hydrogen-bond acceptors (Lipinski definition) is 6. The smallest absolute Gasteiger partial charge is 0.304 e. The zero-order chi connectivity index (χ0) is 23.7. The molecule has 7 rings (SSSR count). The zero-order valence-electron chi connectivity index (χ0n) is 18.9. The predicted octanol–water partition coefficient (Wildman–Crippen LogP) is 0.969. The van der Waals surface area contributed by atoms with Crippen LogP contribution in [0.15, 0.2) is 18.2 Å². The molecule has 0 aromatic heterocycles. The Kier molecular flexibility index (Phi) is 5.00. The molecule has 34 heavy (non-hydrogen) atoms. The maximum absolute atomic E-state index is 13.4. The molecule has 2 aliphatic heterocycles. The van der Waals surface area contributed by atoms with E-state index in [2.05, 4.69) is 5.32 Å². The summed E-state index contributed by atoms with van der Waals surface area (Å²) in [6.07, 6.45) is 4.92. The van der Waals surface area contributed by atoms with Gasteiger partial charge in [-0.1, -0.05) is 0 Å². The fourth-order valence-corrected chi connectivity index (χ4v) is 8.84. The van der Waals surface area contributed by atoms with E-state index >= 15 is 0 Å². The summed E-state index contributed by atoms with van der Waals surface area (Å²) in [5.74, 6) is 1.55. The molecule has 0 radical (unpaired) electrons. The van der Waals surface area contributed by atoms with E-state index in [0.29, 0.717) is 42.6 Å². The number of primary amides is 1. The van der Waals surface area contributed by atoms with Gasteiger partial charge in [-0.05, 0) is 68.4 Å². The first-order valence-electron chi connectivity index (χ1n) is 12.0. The van der Waals surface area contributed by atoms with Crippen LogP contribution in [0.4, 0.5) is 5.69 Å². The van der Waals surface area contributed by atoms with Gasteiger partial charge in [-0.15, -0.1) is 0 Å². The van der Waals surface area contributed by atoms with E-state index in [4.69, 9.17) is 15.2 Å². The van der Waals surface area contributed by atoms with Crippen LogP contribution in [-0.2, 0) is 19.8 Å². The molecule has 4 aliphatic carbocycles. The first-order chi connectivity index (χ1) is 16.2. The van der Waals surface area contributed by atoms with Gasteiger partial charge >= 0.3 is 10.2 Å². The summed E-state index contributed by atoms with van der Waals surface area (Å²) in [5, 5.41) is 3.14. The standard InChI is InChI=1S/C23H30N4O6S/c24-22(29)23-9-14-6-15(10-23)21(16(7-14)11-23)25-20(28)12-26-4-1-5-27(34(26,30)31)17-2-3-18-19(8-17)33-13-32-18/h2-3,8,14-16,21H,1,4-7,9-13H2,(H2,24,29)(H,25,28). The maximum Gasteiger partial charge on any atom is 0.304 e. The molecule has 10 nitrogen and oxygen atoms in total. The number of rotatable bonds is 5. The molecule has 2 heterocycles. The highest BCUT2D eigenvalue weighted by Crippen LogP contribution is 2.59. The number of nitrogens with zero attached hydrogens (tertiary/aromatic N) is 2. The van der Waals surface area contributed by atoms with E-state index in [0.717, 1.165) is 32.1 Å². The van der Waals surface area contributed by atoms with Crippen LogP contribution in [0.25, 0.3) is 0 Å². The highest BCUT2D eigenvalue weighted by atomic mass is 32.2. The van der Waals surface area contributed by atoms with Crippen LogP contribution in [-0.4, -0.2) is 57.0 Å². The van der Waals surface area contributed by atoms with Crippen molar-refractivity contribution in [2.75, 3.05) is 30.7 Å². The largest absolute Gasteiger partial charge is 0.454 e. The van der Waals surface area contributed by atoms with Gasteiger partial charge in [-0.2, -0.15) is 12.7 Å². The third-order valence-corrected chi connectivity index (χ3v) is 10.4. The molecule has 2 atom stereocenters. The summed E-state index contributed by atoms with van der Waals surface area (Å²) < 4.78 is 40.0. The van der Waals surface area contributed by atoms with Crippen LogP contribution < -0.4 is 24.8 Å². The normalized spacial score (nSPS) is 35.4. The lowest BCUT2D eigenvalue weighted by Crippen LogP contribution is -2.63. The number of ether oxygens (including phenoxy) is 2. The van der Waals surface area contributed by atoms with Crippen molar-refractivity contribution in [3.8, 4) is 11.5 Å². The van der Waals surface area contributed by atoms with Crippen LogP contribution in [0.1, 0.15) is 38.5 Å². The van der Waals surface area contributed by atoms with Gasteiger partial charge in [-0.25, -0.2) is 0 Å². The fourth-order valence-electron chi connectivity index (χ4n) is 7.18. The number of anilines is 1. The van der Waals surface area contributed by atoms with Crippen LogP contribution in [0.2, 0.25) is 0 Å². The minimum atomic E-state index is -3.86. The number of fused-ring (bicyclic) bond motifs is 1. The summed E-state index contributed by atoms with van der Waals surface area (Å²) in [6, 6.07) is 5.03. The van der Waals surface area contributed by atoms with Crippen molar-refractivity contribution < 1.29 is 27.5 Å². The van der Waals surface area contributed by atoms with E-state index in [1.165, 1.54) is 8.61 Å². The first-order valence-corrected chi connectivity index (χ1v) is 13.4. The second-order valence-corrected chi connectivity index (χ2v) is 12.4. The average molecular weight is 491 g/mol. The van der Waals surface area contributed by atoms with Gasteiger partial charge in [0, 0.05) is 30.6 Å². The van der Waals surface area contributed by atoms with Gasteiger partial charge in [0.2, 0.25) is 18.6 Å². The minimum Gasteiger partial charge on any atom is -0.454 e. The molecule has 5 fully saturated rings. The summed E-state index contributed by atoms with van der Waals surface area (Å²) in [5.41, 5.74) is 5.84. The molecule has 11 heteroatoms. The number of amides is 2. The summed E-state index contributed by atoms with van der Waals surface area (Å²) in [4.78, 5) is 25.2. The summed E-state index contributed by atoms with van der Waals surface area (Å²) in [6.45, 7) is 0.524. The Bertz CT molecular complexity index is 1120. The van der Waals surface area contributed by atoms with Crippen LogP contribution in [0.3, 0.4) is 0 Å². The Balaban J connectivity index is 1.14. The van der Waals surface area contributed by atoms with E-state index < -0.39 is 15.6 Å². The second-order valence-electron chi connectivity index (χ2n) is 10.5. The monoisotopic (exact) mass is 490 g/mol. The molecule has 0 spiro atoms. The van der Waals surface area contributed by atoms with Crippen molar-refractivity contribution in [3.63, 3.8) is 0 Å². The average Bonchev–Trinajstić information content (AvgIpc) is 3.25. The van der Waals surface area contributed by atoms with Crippen LogP contribution >= 0.6 is 0 Å². The molecular formula is C23H30N4O6S. The molecule has 4 saturated carbocycles. The lowest BCUT2D eigenvalue weighted by atomic mass is 9.47. The molecular weight excluding hydrogens is 460 g/mol. The van der Waals surface area contributed by atoms with Crippen molar-refractivity contribution in [2.45, 2.75) is 44.6 Å². The topological polar surface area (TPSA) is 131 Å². The molecule has 1 aromatic rings. The predicted molar refractivity (Wildman–Crippen MR) is 122 cm³/mol. The molecule has 3 N–H and O–H groups in total. The lowest BCUT2D eigenvalue weighted by molar-refractivity contribution is -0.147. The van der Waals surface area contributed by atoms with Crippen molar-refractivity contribution in [1.29, 1.82) is 0 Å². The number of benzene rings is 1. The van der Waals surface area contributed by atoms with E-state index in [-0.39, 0.29) is 43.0 Å². The molecule has 1 aromatic carbocycles. The number of carbonyl (C=O) groups excluding carboxylic acids is 2. The van der Waals surface area contributed by atoms with Crippen molar-refractivity contribution in [3.05, 3.63) is 18.2 Å². The fraction of sp³-hybridized carbons (Fsp3) is 0.652. The van der Waals surface area contributed by atoms with Crippen molar-refractivity contribution in [1.82, 2.24) is 9.62 Å². The molecule has 2 unspecified atom stereocenters. The minimum absolute atomic E-state index is 0.0195. The van der Waals surface area contributed by atoms with Crippen LogP contribution in [0, 0.1) is 23.2 Å². The lowest BCUT2D eigenvalue weighted by Gasteiger charge is -2.58. The van der Waals surface area contributed by atoms with Gasteiger partial charge in [0.15, 0.2) is 11.5 Å². The van der Waals surface area contributed by atoms with Crippen molar-refractivity contribution >= 4 is 27.7 Å². The Labute approximate surface area is 198 Å². The SMILES string of the molecule is NC(=O)C12CC3CC(C1)C(NC(=O)CN1CCCN(c4ccc5c(c4)OCO5)S1(=O)=O)C(C3)C2. The van der Waals surface area contributed by atoms with Gasteiger partial charge in [-0.3, -0.25) is 13.9 Å². The highest BCUT2D eigenvalue weighted by Gasteiger charge is 2.58. The Morgan fingerprint density at radius 2 is 1.82 bits per heavy atom.